The molecule has 0 radical (unpaired) electrons. The Labute approximate surface area is 163 Å². The highest BCUT2D eigenvalue weighted by atomic mass is 79.9. The minimum atomic E-state index is -0.543. The molecule has 1 atom stereocenters. The highest BCUT2D eigenvalue weighted by Crippen LogP contribution is 2.23. The number of benzene rings is 2. The highest BCUT2D eigenvalue weighted by Gasteiger charge is 2.20. The number of hydrogen-bond donors (Lipinski definition) is 1. The van der Waals surface area contributed by atoms with Crippen LogP contribution < -0.4 is 5.32 Å². The smallest absolute Gasteiger partial charge is 0.295 e. The van der Waals surface area contributed by atoms with Crippen LogP contribution in [-0.4, -0.2) is 31.6 Å². The standard InChI is InChI=1S/C18H16BrN5O3/c1-12(8-13-2-5-15(19)6-3-13)22-18(25)14-4-7-16(17(9-14)24(26)27)23-11-20-10-21-23/h2-7,9-12H,8H2,1H3,(H,22,25). The maximum atomic E-state index is 12.5. The van der Waals surface area contributed by atoms with Gasteiger partial charge in [0.25, 0.3) is 11.6 Å². The molecular weight excluding hydrogens is 414 g/mol. The van der Waals surface area contributed by atoms with Gasteiger partial charge in [0, 0.05) is 22.1 Å². The summed E-state index contributed by atoms with van der Waals surface area (Å²) < 4.78 is 2.28. The molecule has 3 aromatic rings. The fraction of sp³-hybridized carbons (Fsp3) is 0.167. The maximum absolute atomic E-state index is 12.5. The lowest BCUT2D eigenvalue weighted by Gasteiger charge is -2.14. The SMILES string of the molecule is CC(Cc1ccc(Br)cc1)NC(=O)c1ccc(-n2cncn2)c([N+](=O)[O-])c1. The second kappa shape index (κ2) is 8.09. The average Bonchev–Trinajstić information content (AvgIpc) is 3.17. The molecule has 8 nitrogen and oxygen atoms in total. The van der Waals surface area contributed by atoms with Crippen LogP contribution in [0.5, 0.6) is 0 Å². The van der Waals surface area contributed by atoms with Crippen LogP contribution in [0.25, 0.3) is 5.69 Å². The summed E-state index contributed by atoms with van der Waals surface area (Å²) in [5.74, 6) is -0.368. The van der Waals surface area contributed by atoms with Crippen LogP contribution in [0.3, 0.4) is 0 Å². The molecule has 0 saturated heterocycles. The Balaban J connectivity index is 1.75. The van der Waals surface area contributed by atoms with E-state index in [1.165, 1.54) is 35.5 Å². The first-order valence-electron chi connectivity index (χ1n) is 8.13. The molecular formula is C18H16BrN5O3. The van der Waals surface area contributed by atoms with E-state index in [0.29, 0.717) is 6.42 Å². The largest absolute Gasteiger partial charge is 0.349 e. The van der Waals surface area contributed by atoms with E-state index in [4.69, 9.17) is 0 Å². The fourth-order valence-corrected chi connectivity index (χ4v) is 2.93. The second-order valence-electron chi connectivity index (χ2n) is 6.01. The van der Waals surface area contributed by atoms with Crippen LogP contribution in [0.1, 0.15) is 22.8 Å². The van der Waals surface area contributed by atoms with Gasteiger partial charge in [0.15, 0.2) is 0 Å². The molecule has 9 heteroatoms. The van der Waals surface area contributed by atoms with E-state index in [1.54, 1.807) is 0 Å². The third-order valence-corrected chi connectivity index (χ3v) is 4.46. The zero-order chi connectivity index (χ0) is 19.4. The number of rotatable bonds is 6. The number of nitrogens with zero attached hydrogens (tertiary/aromatic N) is 4. The van der Waals surface area contributed by atoms with Gasteiger partial charge < -0.3 is 5.32 Å². The summed E-state index contributed by atoms with van der Waals surface area (Å²) in [5, 5.41) is 18.2. The quantitative estimate of drug-likeness (QED) is 0.478. The monoisotopic (exact) mass is 429 g/mol. The number of amides is 1. The summed E-state index contributed by atoms with van der Waals surface area (Å²) in [5.41, 5.74) is 1.33. The van der Waals surface area contributed by atoms with Gasteiger partial charge in [-0.1, -0.05) is 28.1 Å². The zero-order valence-electron chi connectivity index (χ0n) is 14.4. The van der Waals surface area contributed by atoms with Crippen LogP contribution >= 0.6 is 15.9 Å². The Bertz CT molecular complexity index is 958. The summed E-state index contributed by atoms with van der Waals surface area (Å²) >= 11 is 3.39. The van der Waals surface area contributed by atoms with Crippen molar-refractivity contribution in [3.05, 3.63) is 80.8 Å². The van der Waals surface area contributed by atoms with Crippen LogP contribution in [0, 0.1) is 10.1 Å². The first-order chi connectivity index (χ1) is 12.9. The van der Waals surface area contributed by atoms with Gasteiger partial charge in [-0.3, -0.25) is 14.9 Å². The first kappa shape index (κ1) is 18.7. The topological polar surface area (TPSA) is 103 Å². The molecule has 0 bridgehead atoms. The van der Waals surface area contributed by atoms with Crippen molar-refractivity contribution in [1.29, 1.82) is 0 Å². The van der Waals surface area contributed by atoms with Crippen LogP contribution in [-0.2, 0) is 6.42 Å². The van der Waals surface area contributed by atoms with Gasteiger partial charge in [-0.25, -0.2) is 9.67 Å². The van der Waals surface area contributed by atoms with Crippen molar-refractivity contribution in [2.45, 2.75) is 19.4 Å². The lowest BCUT2D eigenvalue weighted by Crippen LogP contribution is -2.34. The summed E-state index contributed by atoms with van der Waals surface area (Å²) in [6.07, 6.45) is 3.30. The summed E-state index contributed by atoms with van der Waals surface area (Å²) in [6.45, 7) is 1.89. The van der Waals surface area contributed by atoms with E-state index in [1.807, 2.05) is 31.2 Å². The van der Waals surface area contributed by atoms with Crippen LogP contribution in [0.4, 0.5) is 5.69 Å². The molecule has 0 spiro atoms. The predicted octanol–water partition coefficient (Wildman–Crippen LogP) is 3.30. The van der Waals surface area contributed by atoms with E-state index in [2.05, 4.69) is 31.3 Å². The Morgan fingerprint density at radius 1 is 1.30 bits per heavy atom. The number of halogens is 1. The number of carbonyl (C=O) groups excluding carboxylic acids is 1. The summed E-state index contributed by atoms with van der Waals surface area (Å²) in [6, 6.07) is 12.0. The van der Waals surface area contributed by atoms with Gasteiger partial charge >= 0.3 is 0 Å². The highest BCUT2D eigenvalue weighted by molar-refractivity contribution is 9.10. The fourth-order valence-electron chi connectivity index (χ4n) is 2.67. The lowest BCUT2D eigenvalue weighted by atomic mass is 10.1. The van der Waals surface area contributed by atoms with Crippen molar-refractivity contribution in [1.82, 2.24) is 20.1 Å². The van der Waals surface area contributed by atoms with Gasteiger partial charge in [-0.15, -0.1) is 0 Å². The number of hydrogen-bond acceptors (Lipinski definition) is 5. The normalized spacial score (nSPS) is 11.8. The first-order valence-corrected chi connectivity index (χ1v) is 8.92. The maximum Gasteiger partial charge on any atom is 0.295 e. The summed E-state index contributed by atoms with van der Waals surface area (Å²) in [4.78, 5) is 27.1. The molecule has 0 aliphatic carbocycles. The Morgan fingerprint density at radius 2 is 2.04 bits per heavy atom. The molecule has 27 heavy (non-hydrogen) atoms. The predicted molar refractivity (Wildman–Crippen MR) is 103 cm³/mol. The Hall–Kier alpha value is -3.07. The molecule has 0 saturated carbocycles. The minimum absolute atomic E-state index is 0.132. The minimum Gasteiger partial charge on any atom is -0.349 e. The van der Waals surface area contributed by atoms with Gasteiger partial charge in [0.1, 0.15) is 18.3 Å². The number of nitro benzene ring substituents is 1. The number of nitrogens with one attached hydrogen (secondary N) is 1. The van der Waals surface area contributed by atoms with E-state index in [9.17, 15) is 14.9 Å². The molecule has 1 heterocycles. The molecule has 0 aliphatic heterocycles. The molecule has 1 N–H and O–H groups in total. The van der Waals surface area contributed by atoms with Crippen molar-refractivity contribution < 1.29 is 9.72 Å². The van der Waals surface area contributed by atoms with E-state index >= 15 is 0 Å². The van der Waals surface area contributed by atoms with Crippen molar-refractivity contribution in [2.24, 2.45) is 0 Å². The van der Waals surface area contributed by atoms with Crippen LogP contribution in [0.15, 0.2) is 59.6 Å². The van der Waals surface area contributed by atoms with Gasteiger partial charge in [-0.05, 0) is 43.2 Å². The molecule has 1 unspecified atom stereocenters. The number of carbonyl (C=O) groups is 1. The molecule has 2 aromatic carbocycles. The van der Waals surface area contributed by atoms with Crippen molar-refractivity contribution in [3.8, 4) is 5.69 Å². The molecule has 3 rings (SSSR count). The number of aromatic nitrogens is 3. The van der Waals surface area contributed by atoms with Gasteiger partial charge in [-0.2, -0.15) is 5.10 Å². The van der Waals surface area contributed by atoms with Crippen LogP contribution in [0.2, 0.25) is 0 Å². The van der Waals surface area contributed by atoms with Crippen molar-refractivity contribution in [3.63, 3.8) is 0 Å². The zero-order valence-corrected chi connectivity index (χ0v) is 16.0. The number of nitro groups is 1. The third-order valence-electron chi connectivity index (χ3n) is 3.93. The Morgan fingerprint density at radius 3 is 2.67 bits per heavy atom. The van der Waals surface area contributed by atoms with E-state index in [0.717, 1.165) is 10.0 Å². The molecule has 138 valence electrons. The van der Waals surface area contributed by atoms with Gasteiger partial charge in [0.05, 0.1) is 4.92 Å². The molecule has 1 amide bonds. The summed E-state index contributed by atoms with van der Waals surface area (Å²) in [7, 11) is 0. The Kier molecular flexibility index (Phi) is 5.60. The van der Waals surface area contributed by atoms with Crippen molar-refractivity contribution in [2.75, 3.05) is 0 Å². The molecule has 0 fully saturated rings. The molecule has 1 aromatic heterocycles. The van der Waals surface area contributed by atoms with E-state index < -0.39 is 4.92 Å². The molecule has 0 aliphatic rings. The third kappa shape index (κ3) is 4.56. The van der Waals surface area contributed by atoms with Crippen molar-refractivity contribution >= 4 is 27.5 Å². The van der Waals surface area contributed by atoms with E-state index in [-0.39, 0.29) is 28.9 Å². The van der Waals surface area contributed by atoms with Gasteiger partial charge in [0.2, 0.25) is 0 Å². The lowest BCUT2D eigenvalue weighted by molar-refractivity contribution is -0.384. The average molecular weight is 430 g/mol. The second-order valence-corrected chi connectivity index (χ2v) is 6.92.